The Bertz CT molecular complexity index is 752. The molecule has 1 fully saturated rings. The summed E-state index contributed by atoms with van der Waals surface area (Å²) in [5.41, 5.74) is 1.80. The molecule has 3 amide bonds. The number of carbonyl (C=O) groups excluding carboxylic acids is 3. The van der Waals surface area contributed by atoms with Crippen LogP contribution in [-0.2, 0) is 4.79 Å². The van der Waals surface area contributed by atoms with E-state index in [1.165, 1.54) is 11.3 Å². The molecule has 1 aromatic carbocycles. The van der Waals surface area contributed by atoms with Crippen LogP contribution < -0.4 is 16.0 Å². The van der Waals surface area contributed by atoms with E-state index in [2.05, 4.69) is 16.0 Å². The second-order valence-electron chi connectivity index (χ2n) is 5.89. The van der Waals surface area contributed by atoms with E-state index in [4.69, 9.17) is 0 Å². The van der Waals surface area contributed by atoms with E-state index < -0.39 is 0 Å². The molecule has 7 heteroatoms. The van der Waals surface area contributed by atoms with Crippen LogP contribution in [0.5, 0.6) is 0 Å². The fraction of sp³-hybridized carbons (Fsp3) is 0.278. The van der Waals surface area contributed by atoms with Crippen LogP contribution in [0.4, 0.5) is 5.69 Å². The average Bonchev–Trinajstić information content (AvgIpc) is 3.24. The average molecular weight is 357 g/mol. The van der Waals surface area contributed by atoms with Gasteiger partial charge >= 0.3 is 0 Å². The Kier molecular flexibility index (Phi) is 5.45. The van der Waals surface area contributed by atoms with Crippen molar-refractivity contribution in [2.24, 2.45) is 0 Å². The van der Waals surface area contributed by atoms with Gasteiger partial charge < -0.3 is 16.0 Å². The van der Waals surface area contributed by atoms with Crippen molar-refractivity contribution in [3.8, 4) is 0 Å². The number of benzene rings is 1. The fourth-order valence-electron chi connectivity index (χ4n) is 2.21. The summed E-state index contributed by atoms with van der Waals surface area (Å²) in [7, 11) is 0. The summed E-state index contributed by atoms with van der Waals surface area (Å²) < 4.78 is 0. The zero-order chi connectivity index (χ0) is 17.6. The first-order valence-electron chi connectivity index (χ1n) is 8.13. The molecule has 0 bridgehead atoms. The molecule has 1 aromatic heterocycles. The van der Waals surface area contributed by atoms with Crippen LogP contribution in [0, 0.1) is 0 Å². The van der Waals surface area contributed by atoms with Crippen LogP contribution in [0.3, 0.4) is 0 Å². The molecule has 0 radical (unpaired) electrons. The van der Waals surface area contributed by atoms with Gasteiger partial charge in [-0.1, -0.05) is 0 Å². The predicted molar refractivity (Wildman–Crippen MR) is 96.8 cm³/mol. The van der Waals surface area contributed by atoms with E-state index in [9.17, 15) is 14.4 Å². The van der Waals surface area contributed by atoms with Crippen molar-refractivity contribution < 1.29 is 14.4 Å². The first-order chi connectivity index (χ1) is 12.1. The van der Waals surface area contributed by atoms with Gasteiger partial charge in [0, 0.05) is 41.2 Å². The minimum absolute atomic E-state index is 0.0866. The van der Waals surface area contributed by atoms with E-state index in [-0.39, 0.29) is 30.7 Å². The summed E-state index contributed by atoms with van der Waals surface area (Å²) in [5, 5.41) is 12.0. The molecular weight excluding hydrogens is 338 g/mol. The number of rotatable bonds is 7. The lowest BCUT2D eigenvalue weighted by molar-refractivity contribution is -0.116. The van der Waals surface area contributed by atoms with Gasteiger partial charge in [0.25, 0.3) is 11.8 Å². The van der Waals surface area contributed by atoms with E-state index in [0.717, 1.165) is 12.8 Å². The minimum Gasteiger partial charge on any atom is -0.351 e. The third kappa shape index (κ3) is 5.15. The van der Waals surface area contributed by atoms with Gasteiger partial charge in [0.2, 0.25) is 5.91 Å². The van der Waals surface area contributed by atoms with Crippen LogP contribution >= 0.6 is 11.3 Å². The Hall–Kier alpha value is -2.67. The fourth-order valence-corrected chi connectivity index (χ4v) is 2.85. The van der Waals surface area contributed by atoms with Crippen LogP contribution in [0.1, 0.15) is 40.0 Å². The van der Waals surface area contributed by atoms with E-state index >= 15 is 0 Å². The molecule has 0 unspecified atom stereocenters. The molecule has 0 aliphatic heterocycles. The molecule has 25 heavy (non-hydrogen) atoms. The molecule has 1 aliphatic rings. The molecule has 1 heterocycles. The highest BCUT2D eigenvalue weighted by Crippen LogP contribution is 2.19. The van der Waals surface area contributed by atoms with Gasteiger partial charge in [-0.2, -0.15) is 11.3 Å². The predicted octanol–water partition coefficient (Wildman–Crippen LogP) is 2.40. The second-order valence-corrected chi connectivity index (χ2v) is 6.67. The molecule has 3 rings (SSSR count). The quantitative estimate of drug-likeness (QED) is 0.711. The lowest BCUT2D eigenvalue weighted by Gasteiger charge is -2.08. The van der Waals surface area contributed by atoms with Crippen LogP contribution in [0.15, 0.2) is 41.1 Å². The molecule has 0 saturated heterocycles. The maximum Gasteiger partial charge on any atom is 0.252 e. The molecule has 0 spiro atoms. The minimum atomic E-state index is -0.194. The Morgan fingerprint density at radius 3 is 2.40 bits per heavy atom. The summed E-state index contributed by atoms with van der Waals surface area (Å²) in [4.78, 5) is 35.6. The van der Waals surface area contributed by atoms with Crippen molar-refractivity contribution in [3.05, 3.63) is 52.2 Å². The standard InChI is InChI=1S/C18H19N3O3S/c22-16(7-9-19-17(23)13-8-10-25-11-13)20-14-3-1-12(2-4-14)18(24)21-15-5-6-15/h1-4,8,10-11,15H,5-7,9H2,(H,19,23)(H,20,22)(H,21,24). The SMILES string of the molecule is O=C(CCNC(=O)c1ccsc1)Nc1ccc(C(=O)NC2CC2)cc1. The third-order valence-electron chi connectivity index (χ3n) is 3.76. The van der Waals surface area contributed by atoms with Crippen molar-refractivity contribution in [3.63, 3.8) is 0 Å². The van der Waals surface area contributed by atoms with Crippen molar-refractivity contribution in [2.75, 3.05) is 11.9 Å². The highest BCUT2D eigenvalue weighted by Gasteiger charge is 2.23. The van der Waals surface area contributed by atoms with Gasteiger partial charge in [-0.05, 0) is 48.6 Å². The summed E-state index contributed by atoms with van der Waals surface area (Å²) in [6, 6.07) is 8.82. The molecule has 2 aromatic rings. The summed E-state index contributed by atoms with van der Waals surface area (Å²) in [5.74, 6) is -0.461. The van der Waals surface area contributed by atoms with Gasteiger partial charge in [0.15, 0.2) is 0 Å². The van der Waals surface area contributed by atoms with E-state index in [1.54, 1.807) is 35.7 Å². The lowest BCUT2D eigenvalue weighted by Crippen LogP contribution is -2.27. The monoisotopic (exact) mass is 357 g/mol. The Morgan fingerprint density at radius 1 is 1.00 bits per heavy atom. The first kappa shape index (κ1) is 17.2. The molecule has 130 valence electrons. The molecule has 6 nitrogen and oxygen atoms in total. The van der Waals surface area contributed by atoms with E-state index in [0.29, 0.717) is 22.9 Å². The number of thiophene rings is 1. The molecule has 1 saturated carbocycles. The van der Waals surface area contributed by atoms with E-state index in [1.807, 2.05) is 5.38 Å². The Morgan fingerprint density at radius 2 is 1.76 bits per heavy atom. The number of hydrogen-bond acceptors (Lipinski definition) is 4. The van der Waals surface area contributed by atoms with Gasteiger partial charge in [-0.25, -0.2) is 0 Å². The zero-order valence-corrected chi connectivity index (χ0v) is 14.4. The summed E-state index contributed by atoms with van der Waals surface area (Å²) >= 11 is 1.45. The van der Waals surface area contributed by atoms with Gasteiger partial charge in [0.1, 0.15) is 0 Å². The number of hydrogen-bond donors (Lipinski definition) is 3. The smallest absolute Gasteiger partial charge is 0.252 e. The van der Waals surface area contributed by atoms with Crippen LogP contribution in [0.25, 0.3) is 0 Å². The van der Waals surface area contributed by atoms with Crippen molar-refractivity contribution in [1.29, 1.82) is 0 Å². The third-order valence-corrected chi connectivity index (χ3v) is 4.45. The Labute approximate surface area is 149 Å². The molecule has 1 aliphatic carbocycles. The number of anilines is 1. The number of amides is 3. The number of nitrogens with one attached hydrogen (secondary N) is 3. The van der Waals surface area contributed by atoms with Crippen LogP contribution in [0.2, 0.25) is 0 Å². The maximum absolute atomic E-state index is 11.9. The second kappa shape index (κ2) is 7.94. The Balaban J connectivity index is 1.41. The summed E-state index contributed by atoms with van der Waals surface area (Å²) in [6.45, 7) is 0.266. The highest BCUT2D eigenvalue weighted by molar-refractivity contribution is 7.08. The van der Waals surface area contributed by atoms with Gasteiger partial charge in [-0.3, -0.25) is 14.4 Å². The zero-order valence-electron chi connectivity index (χ0n) is 13.6. The van der Waals surface area contributed by atoms with Gasteiger partial charge in [-0.15, -0.1) is 0 Å². The summed E-state index contributed by atoms with van der Waals surface area (Å²) in [6.07, 6.45) is 2.27. The van der Waals surface area contributed by atoms with Gasteiger partial charge in [0.05, 0.1) is 0 Å². The molecular formula is C18H19N3O3S. The van der Waals surface area contributed by atoms with Crippen LogP contribution in [-0.4, -0.2) is 30.3 Å². The number of carbonyl (C=O) groups is 3. The van der Waals surface area contributed by atoms with Crippen molar-refractivity contribution in [1.82, 2.24) is 10.6 Å². The normalized spacial score (nSPS) is 13.1. The lowest BCUT2D eigenvalue weighted by atomic mass is 10.2. The molecule has 0 atom stereocenters. The highest BCUT2D eigenvalue weighted by atomic mass is 32.1. The molecule has 3 N–H and O–H groups in total. The maximum atomic E-state index is 11.9. The topological polar surface area (TPSA) is 87.3 Å². The largest absolute Gasteiger partial charge is 0.351 e. The van der Waals surface area contributed by atoms with Crippen molar-refractivity contribution >= 4 is 34.7 Å². The van der Waals surface area contributed by atoms with Crippen molar-refractivity contribution in [2.45, 2.75) is 25.3 Å². The first-order valence-corrected chi connectivity index (χ1v) is 9.07.